The van der Waals surface area contributed by atoms with Crippen molar-refractivity contribution in [1.29, 1.82) is 0 Å². The summed E-state index contributed by atoms with van der Waals surface area (Å²) in [6, 6.07) is 13.9. The number of carbonyl (C=O) groups is 3. The van der Waals surface area contributed by atoms with Gasteiger partial charge in [0, 0.05) is 88.2 Å². The number of amides is 5. The number of urea groups is 2. The number of likely N-dealkylation sites (tertiary alicyclic amines) is 1. The first-order valence-electron chi connectivity index (χ1n) is 16.0. The van der Waals surface area contributed by atoms with Gasteiger partial charge in [0.25, 0.3) is 0 Å². The lowest BCUT2D eigenvalue weighted by atomic mass is 10.0. The molecule has 0 spiro atoms. The summed E-state index contributed by atoms with van der Waals surface area (Å²) < 4.78 is 5.07. The number of nitrogens with zero attached hydrogens (tertiary/aromatic N) is 5. The first kappa shape index (κ1) is 31.6. The molecule has 47 heavy (non-hydrogen) atoms. The number of anilines is 2. The van der Waals surface area contributed by atoms with Gasteiger partial charge in [-0.05, 0) is 60.7 Å². The number of hydrogen-bond donors (Lipinski definition) is 3. The molecule has 0 saturated carbocycles. The second-order valence-electron chi connectivity index (χ2n) is 12.1. The van der Waals surface area contributed by atoms with E-state index in [0.29, 0.717) is 58.7 Å². The van der Waals surface area contributed by atoms with Gasteiger partial charge < -0.3 is 34.7 Å². The normalized spacial score (nSPS) is 17.3. The molecule has 3 aromatic rings. The minimum atomic E-state index is -0.842. The third-order valence-electron chi connectivity index (χ3n) is 9.00. The number of benzene rings is 1. The van der Waals surface area contributed by atoms with Gasteiger partial charge in [-0.1, -0.05) is 24.3 Å². The first-order chi connectivity index (χ1) is 22.8. The number of piperidine rings is 1. The van der Waals surface area contributed by atoms with E-state index in [-0.39, 0.29) is 30.4 Å². The van der Waals surface area contributed by atoms with Crippen molar-refractivity contribution < 1.29 is 18.8 Å². The van der Waals surface area contributed by atoms with Crippen LogP contribution in [0.25, 0.3) is 0 Å². The molecule has 3 N–H and O–H groups in total. The van der Waals surface area contributed by atoms with Crippen LogP contribution >= 0.6 is 0 Å². The molecule has 6 rings (SSSR count). The van der Waals surface area contributed by atoms with Crippen LogP contribution in [-0.4, -0.2) is 94.0 Å². The van der Waals surface area contributed by atoms with Gasteiger partial charge in [0.15, 0.2) is 0 Å². The van der Waals surface area contributed by atoms with E-state index in [0.717, 1.165) is 28.1 Å². The highest BCUT2D eigenvalue weighted by Crippen LogP contribution is 2.27. The Morgan fingerprint density at radius 2 is 1.72 bits per heavy atom. The average Bonchev–Trinajstić information content (AvgIpc) is 3.17. The van der Waals surface area contributed by atoms with Crippen LogP contribution in [0, 0.1) is 6.92 Å². The van der Waals surface area contributed by atoms with Crippen molar-refractivity contribution in [2.45, 2.75) is 44.8 Å². The van der Waals surface area contributed by atoms with Crippen LogP contribution in [0.4, 0.5) is 21.0 Å². The highest BCUT2D eigenvalue weighted by Gasteiger charge is 2.35. The molecule has 2 aromatic heterocycles. The van der Waals surface area contributed by atoms with E-state index in [2.05, 4.69) is 25.5 Å². The van der Waals surface area contributed by atoms with E-state index in [1.165, 1.54) is 12.5 Å². The monoisotopic (exact) mass is 640 g/mol. The van der Waals surface area contributed by atoms with Gasteiger partial charge in [-0.2, -0.15) is 0 Å². The van der Waals surface area contributed by atoms with Crippen molar-refractivity contribution in [2.75, 3.05) is 49.5 Å². The number of para-hydroxylation sites is 1. The summed E-state index contributed by atoms with van der Waals surface area (Å²) >= 11 is 0. The number of hydrogen-bond acceptors (Lipinski definition) is 7. The number of piperazine rings is 1. The van der Waals surface area contributed by atoms with E-state index in [9.17, 15) is 19.2 Å². The van der Waals surface area contributed by atoms with Crippen LogP contribution < -0.4 is 21.3 Å². The van der Waals surface area contributed by atoms with Crippen molar-refractivity contribution in [1.82, 2.24) is 30.0 Å². The van der Waals surface area contributed by atoms with Crippen molar-refractivity contribution in [3.8, 4) is 0 Å². The maximum absolute atomic E-state index is 14.0. The Kier molecular flexibility index (Phi) is 9.69. The minimum Gasteiger partial charge on any atom is -0.418 e. The zero-order valence-electron chi connectivity index (χ0n) is 26.4. The molecule has 2 fully saturated rings. The number of fused-ring (bicyclic) bond motifs is 1. The van der Waals surface area contributed by atoms with Crippen LogP contribution in [0.15, 0.2) is 82.6 Å². The van der Waals surface area contributed by atoms with E-state index in [1.54, 1.807) is 28.3 Å². The zero-order chi connectivity index (χ0) is 32.8. The van der Waals surface area contributed by atoms with Gasteiger partial charge in [0.1, 0.15) is 6.04 Å². The summed E-state index contributed by atoms with van der Waals surface area (Å²) in [5.41, 5.74) is 4.44. The second-order valence-corrected chi connectivity index (χ2v) is 12.1. The first-order valence-corrected chi connectivity index (χ1v) is 16.0. The summed E-state index contributed by atoms with van der Waals surface area (Å²) in [5.74, 6) is -0.782. The summed E-state index contributed by atoms with van der Waals surface area (Å²) in [7, 11) is 0. The summed E-state index contributed by atoms with van der Waals surface area (Å²) in [6.45, 7) is 5.61. The molecule has 0 radical (unpaired) electrons. The Balaban J connectivity index is 1.14. The standard InChI is InChI=1S/C34H40N8O5/c1-24-20-25(10-19-47-34(46)36-22-24)21-30(31(43)40-17-15-39(16-18-40)27-6-11-35-12-7-27)38-32(44)41-13-8-28(9-14-41)42-23-26-4-2-3-5-29(26)37-33(42)45/h2-7,10-12,19-20,22,28,30H,8-9,13-18,21,23H2,1H3,(H,36,46)(H,37,45)(H,38,44). The number of aryl methyl sites for hydroxylation is 1. The molecule has 1 unspecified atom stereocenters. The SMILES string of the molecule is Cc1c[nH]c(=O)occc(CC(NC(=O)N2CCC(N3Cc4ccccc4NC3=O)CC2)C(=O)N2CCN(c3ccncc3)CC2)c1. The zero-order valence-corrected chi connectivity index (χ0v) is 26.4. The minimum absolute atomic E-state index is 0.00163. The Bertz CT molecular complexity index is 1690. The molecule has 2 saturated heterocycles. The fourth-order valence-electron chi connectivity index (χ4n) is 6.43. The van der Waals surface area contributed by atoms with Crippen LogP contribution in [-0.2, 0) is 17.8 Å². The Hall–Kier alpha value is -5.33. The van der Waals surface area contributed by atoms with Crippen LogP contribution in [0.3, 0.4) is 0 Å². The number of rotatable bonds is 6. The molecule has 0 bridgehead atoms. The quantitative estimate of drug-likeness (QED) is 0.375. The number of carbonyl (C=O) groups excluding carboxylic acids is 3. The molecule has 5 heterocycles. The van der Waals surface area contributed by atoms with Gasteiger partial charge in [0.05, 0.1) is 6.26 Å². The Morgan fingerprint density at radius 1 is 0.979 bits per heavy atom. The molecule has 3 aliphatic heterocycles. The smallest absolute Gasteiger partial charge is 0.416 e. The molecule has 0 aliphatic carbocycles. The van der Waals surface area contributed by atoms with Gasteiger partial charge in [-0.25, -0.2) is 14.4 Å². The van der Waals surface area contributed by atoms with Crippen LogP contribution in [0.1, 0.15) is 29.5 Å². The third-order valence-corrected chi connectivity index (χ3v) is 9.00. The van der Waals surface area contributed by atoms with Crippen LogP contribution in [0.2, 0.25) is 0 Å². The number of nitrogens with one attached hydrogen (secondary N) is 3. The maximum atomic E-state index is 14.0. The Labute approximate surface area is 272 Å². The fourth-order valence-corrected chi connectivity index (χ4v) is 6.43. The van der Waals surface area contributed by atoms with Crippen molar-refractivity contribution in [2.24, 2.45) is 0 Å². The van der Waals surface area contributed by atoms with Gasteiger partial charge >= 0.3 is 17.8 Å². The van der Waals surface area contributed by atoms with Gasteiger partial charge in [-0.3, -0.25) is 14.8 Å². The van der Waals surface area contributed by atoms with E-state index >= 15 is 0 Å². The topological polar surface area (TPSA) is 147 Å². The molecular formula is C34H40N8O5. The number of pyridine rings is 1. The highest BCUT2D eigenvalue weighted by atomic mass is 16.4. The van der Waals surface area contributed by atoms with E-state index < -0.39 is 11.8 Å². The van der Waals surface area contributed by atoms with E-state index in [1.807, 2.05) is 54.3 Å². The number of aromatic amines is 1. The van der Waals surface area contributed by atoms with Gasteiger partial charge in [-0.15, -0.1) is 0 Å². The molecule has 13 heteroatoms. The number of H-pyrrole nitrogens is 1. The molecule has 1 aromatic carbocycles. The molecule has 5 amide bonds. The molecule has 3 aliphatic rings. The molecule has 13 nitrogen and oxygen atoms in total. The highest BCUT2D eigenvalue weighted by molar-refractivity contribution is 5.92. The summed E-state index contributed by atoms with van der Waals surface area (Å²) in [5, 5.41) is 6.01. The lowest BCUT2D eigenvalue weighted by Crippen LogP contribution is -2.58. The maximum Gasteiger partial charge on any atom is 0.416 e. The van der Waals surface area contributed by atoms with Gasteiger partial charge in [0.2, 0.25) is 5.91 Å². The Morgan fingerprint density at radius 3 is 2.49 bits per heavy atom. The molecular weight excluding hydrogens is 600 g/mol. The second kappa shape index (κ2) is 14.4. The van der Waals surface area contributed by atoms with Crippen LogP contribution in [0.5, 0.6) is 0 Å². The average molecular weight is 641 g/mol. The predicted octanol–water partition coefficient (Wildman–Crippen LogP) is 3.28. The third kappa shape index (κ3) is 7.74. The van der Waals surface area contributed by atoms with Crippen molar-refractivity contribution >= 4 is 29.3 Å². The van der Waals surface area contributed by atoms with E-state index in [4.69, 9.17) is 4.42 Å². The predicted molar refractivity (Wildman–Crippen MR) is 176 cm³/mol. The lowest BCUT2D eigenvalue weighted by molar-refractivity contribution is -0.133. The van der Waals surface area contributed by atoms with Crippen molar-refractivity contribution in [3.63, 3.8) is 0 Å². The number of aromatic nitrogens is 2. The summed E-state index contributed by atoms with van der Waals surface area (Å²) in [6.07, 6.45) is 7.80. The van der Waals surface area contributed by atoms with Crippen molar-refractivity contribution in [3.05, 3.63) is 101 Å². The summed E-state index contributed by atoms with van der Waals surface area (Å²) in [4.78, 5) is 66.6. The largest absolute Gasteiger partial charge is 0.418 e. The molecule has 1 atom stereocenters. The fraction of sp³-hybridized carbons (Fsp3) is 0.382. The lowest BCUT2D eigenvalue weighted by Gasteiger charge is -2.41. The molecule has 246 valence electrons.